The number of benzene rings is 1. The zero-order valence-electron chi connectivity index (χ0n) is 9.00. The highest BCUT2D eigenvalue weighted by Gasteiger charge is 2.40. The van der Waals surface area contributed by atoms with E-state index in [2.05, 4.69) is 0 Å². The number of aliphatic hydroxyl groups excluding tert-OH is 1. The van der Waals surface area contributed by atoms with E-state index in [0.29, 0.717) is 13.2 Å². The van der Waals surface area contributed by atoms with Crippen LogP contribution in [0.5, 0.6) is 0 Å². The Hall–Kier alpha value is -0.940. The number of nitrogens with zero attached hydrogens (tertiary/aromatic N) is 1. The largest absolute Gasteiger partial charge is 0.381 e. The van der Waals surface area contributed by atoms with Crippen LogP contribution in [0.15, 0.2) is 24.3 Å². The molecule has 16 heavy (non-hydrogen) atoms. The lowest BCUT2D eigenvalue weighted by molar-refractivity contribution is -0.188. The Labute approximate surface area is 94.4 Å². The normalized spacial score (nSPS) is 29.6. The monoisotopic (exact) mass is 221 g/mol. The molecule has 1 fully saturated rings. The third-order valence-electron chi connectivity index (χ3n) is 3.13. The average Bonchev–Trinajstić information content (AvgIpc) is 2.63. The fraction of sp³-hybridized carbons (Fsp3) is 0.500. The Morgan fingerprint density at radius 2 is 1.69 bits per heavy atom. The molecule has 2 aliphatic rings. The van der Waals surface area contributed by atoms with Gasteiger partial charge in [0.1, 0.15) is 19.2 Å². The van der Waals surface area contributed by atoms with Crippen LogP contribution in [0, 0.1) is 0 Å². The third kappa shape index (κ3) is 1.46. The van der Waals surface area contributed by atoms with Crippen LogP contribution < -0.4 is 0 Å². The van der Waals surface area contributed by atoms with Crippen LogP contribution >= 0.6 is 0 Å². The molecular weight excluding hydrogens is 206 g/mol. The van der Waals surface area contributed by atoms with E-state index < -0.39 is 0 Å². The minimum absolute atomic E-state index is 0.0516. The lowest BCUT2D eigenvalue weighted by atomic mass is 10.1. The van der Waals surface area contributed by atoms with Crippen molar-refractivity contribution in [1.29, 1.82) is 0 Å². The molecule has 2 unspecified atom stereocenters. The first-order chi connectivity index (χ1) is 7.92. The minimum Gasteiger partial charge on any atom is -0.381 e. The maximum atomic E-state index is 9.43. The molecule has 1 N–H and O–H groups in total. The zero-order valence-corrected chi connectivity index (χ0v) is 9.00. The third-order valence-corrected chi connectivity index (χ3v) is 3.13. The van der Waals surface area contributed by atoms with Crippen molar-refractivity contribution in [3.05, 3.63) is 35.4 Å². The molecule has 0 spiro atoms. The molecule has 0 radical (unpaired) electrons. The van der Waals surface area contributed by atoms with Crippen molar-refractivity contribution >= 4 is 0 Å². The zero-order chi connectivity index (χ0) is 11.0. The Bertz CT molecular complexity index is 349. The number of hydrogen-bond acceptors (Lipinski definition) is 4. The van der Waals surface area contributed by atoms with Crippen molar-refractivity contribution in [2.75, 3.05) is 19.9 Å². The van der Waals surface area contributed by atoms with Gasteiger partial charge in [0.05, 0.1) is 13.2 Å². The van der Waals surface area contributed by atoms with Crippen molar-refractivity contribution in [2.45, 2.75) is 18.9 Å². The lowest BCUT2D eigenvalue weighted by Gasteiger charge is -2.30. The highest BCUT2D eigenvalue weighted by Crippen LogP contribution is 2.43. The number of hydrogen-bond donors (Lipinski definition) is 1. The first-order valence-electron chi connectivity index (χ1n) is 5.60. The smallest absolute Gasteiger partial charge is 0.141 e. The molecule has 0 saturated carbocycles. The first-order valence-corrected chi connectivity index (χ1v) is 5.60. The van der Waals surface area contributed by atoms with Crippen LogP contribution in [0.3, 0.4) is 0 Å². The molecule has 0 aromatic heterocycles. The fourth-order valence-electron chi connectivity index (χ4n) is 2.41. The molecule has 2 heterocycles. The van der Waals surface area contributed by atoms with Gasteiger partial charge in [-0.05, 0) is 6.42 Å². The fourth-order valence-corrected chi connectivity index (χ4v) is 2.41. The molecule has 2 aliphatic heterocycles. The maximum Gasteiger partial charge on any atom is 0.141 e. The van der Waals surface area contributed by atoms with Gasteiger partial charge in [-0.2, -0.15) is 0 Å². The van der Waals surface area contributed by atoms with Crippen molar-refractivity contribution in [2.24, 2.45) is 0 Å². The second kappa shape index (κ2) is 4.14. The quantitative estimate of drug-likeness (QED) is 0.778. The van der Waals surface area contributed by atoms with Crippen LogP contribution in [0.4, 0.5) is 0 Å². The Morgan fingerprint density at radius 3 is 2.19 bits per heavy atom. The minimum atomic E-state index is -0.161. The second-order valence-electron chi connectivity index (χ2n) is 4.08. The van der Waals surface area contributed by atoms with Gasteiger partial charge in [-0.1, -0.05) is 24.3 Å². The van der Waals surface area contributed by atoms with Gasteiger partial charge in [-0.3, -0.25) is 0 Å². The van der Waals surface area contributed by atoms with Crippen LogP contribution in [0.25, 0.3) is 0 Å². The molecule has 4 heteroatoms. The summed E-state index contributed by atoms with van der Waals surface area (Å²) in [5, 5.41) is 9.43. The van der Waals surface area contributed by atoms with Crippen LogP contribution in [-0.2, 0) is 9.47 Å². The highest BCUT2D eigenvalue weighted by atomic mass is 16.5. The molecule has 1 aromatic carbocycles. The summed E-state index contributed by atoms with van der Waals surface area (Å²) in [6.07, 6.45) is 0.582. The molecule has 2 bridgehead atoms. The highest BCUT2D eigenvalue weighted by molar-refractivity contribution is 5.35. The number of rotatable bonds is 1. The van der Waals surface area contributed by atoms with Crippen LogP contribution in [0.2, 0.25) is 0 Å². The Kier molecular flexibility index (Phi) is 2.65. The molecule has 86 valence electrons. The van der Waals surface area contributed by atoms with E-state index in [1.165, 1.54) is 0 Å². The van der Waals surface area contributed by atoms with Gasteiger partial charge < -0.3 is 14.6 Å². The molecule has 0 aliphatic carbocycles. The van der Waals surface area contributed by atoms with Gasteiger partial charge >= 0.3 is 0 Å². The molecule has 2 atom stereocenters. The average molecular weight is 221 g/mol. The SMILES string of the molecule is OCN1C2OCCCOC1c1ccccc12. The van der Waals surface area contributed by atoms with Gasteiger partial charge in [-0.15, -0.1) is 0 Å². The van der Waals surface area contributed by atoms with Gasteiger partial charge in [0.15, 0.2) is 0 Å². The summed E-state index contributed by atoms with van der Waals surface area (Å²) in [5.41, 5.74) is 2.23. The first kappa shape index (κ1) is 10.2. The van der Waals surface area contributed by atoms with Crippen molar-refractivity contribution in [3.63, 3.8) is 0 Å². The standard InChI is InChI=1S/C12H15NO3/c14-8-13-11-9-4-1-2-5-10(9)12(13)16-7-3-6-15-11/h1-2,4-5,11-12,14H,3,6-8H2. The molecule has 1 aromatic rings. The number of ether oxygens (including phenoxy) is 2. The van der Waals surface area contributed by atoms with E-state index in [-0.39, 0.29) is 19.2 Å². The summed E-state index contributed by atoms with van der Waals surface area (Å²) >= 11 is 0. The van der Waals surface area contributed by atoms with E-state index in [9.17, 15) is 5.11 Å². The van der Waals surface area contributed by atoms with Gasteiger partial charge in [-0.25, -0.2) is 4.90 Å². The molecule has 3 rings (SSSR count). The predicted octanol–water partition coefficient (Wildman–Crippen LogP) is 1.39. The van der Waals surface area contributed by atoms with E-state index in [1.807, 2.05) is 29.2 Å². The molecular formula is C12H15NO3. The topological polar surface area (TPSA) is 41.9 Å². The summed E-state index contributed by atoms with van der Waals surface area (Å²) in [7, 11) is 0. The van der Waals surface area contributed by atoms with Crippen LogP contribution in [0.1, 0.15) is 30.0 Å². The summed E-state index contributed by atoms with van der Waals surface area (Å²) < 4.78 is 11.6. The summed E-state index contributed by atoms with van der Waals surface area (Å²) in [5.74, 6) is 0. The number of aliphatic hydroxyl groups is 1. The summed E-state index contributed by atoms with van der Waals surface area (Å²) in [6.45, 7) is 1.29. The van der Waals surface area contributed by atoms with E-state index in [1.54, 1.807) is 0 Å². The summed E-state index contributed by atoms with van der Waals surface area (Å²) in [4.78, 5) is 1.84. The Morgan fingerprint density at radius 1 is 1.12 bits per heavy atom. The van der Waals surface area contributed by atoms with Crippen molar-refractivity contribution in [1.82, 2.24) is 4.90 Å². The van der Waals surface area contributed by atoms with Crippen molar-refractivity contribution < 1.29 is 14.6 Å². The second-order valence-corrected chi connectivity index (χ2v) is 4.08. The molecule has 1 saturated heterocycles. The van der Waals surface area contributed by atoms with Gasteiger partial charge in [0.25, 0.3) is 0 Å². The van der Waals surface area contributed by atoms with Gasteiger partial charge in [0.2, 0.25) is 0 Å². The lowest BCUT2D eigenvalue weighted by Crippen LogP contribution is -2.32. The molecule has 4 nitrogen and oxygen atoms in total. The van der Waals surface area contributed by atoms with E-state index >= 15 is 0 Å². The van der Waals surface area contributed by atoms with Gasteiger partial charge in [0, 0.05) is 11.1 Å². The van der Waals surface area contributed by atoms with Crippen molar-refractivity contribution in [3.8, 4) is 0 Å². The summed E-state index contributed by atoms with van der Waals surface area (Å²) in [6, 6.07) is 8.06. The van der Waals surface area contributed by atoms with E-state index in [0.717, 1.165) is 17.5 Å². The number of fused-ring (bicyclic) bond motifs is 5. The molecule has 0 amide bonds. The van der Waals surface area contributed by atoms with E-state index in [4.69, 9.17) is 9.47 Å². The Balaban J connectivity index is 2.04. The predicted molar refractivity (Wildman–Crippen MR) is 57.4 cm³/mol. The van der Waals surface area contributed by atoms with Crippen LogP contribution in [-0.4, -0.2) is 30.0 Å². The maximum absolute atomic E-state index is 9.43.